The molecule has 1 atom stereocenters. The Balaban J connectivity index is 2.23. The molecule has 0 radical (unpaired) electrons. The highest BCUT2D eigenvalue weighted by Crippen LogP contribution is 2.06. The third kappa shape index (κ3) is 1.42. The molecule has 0 saturated carbocycles. The van der Waals surface area contributed by atoms with Crippen LogP contribution in [-0.4, -0.2) is 24.3 Å². The molecule has 1 aliphatic rings. The normalized spacial score (nSPS) is 33.0. The van der Waals surface area contributed by atoms with Gasteiger partial charge in [-0.3, -0.25) is 0 Å². The van der Waals surface area contributed by atoms with Crippen LogP contribution in [0.3, 0.4) is 0 Å². The van der Waals surface area contributed by atoms with Crippen molar-refractivity contribution in [1.82, 2.24) is 5.12 Å². The largest absolute Gasteiger partial charge is 0.326 e. The van der Waals surface area contributed by atoms with Crippen molar-refractivity contribution in [3.63, 3.8) is 0 Å². The minimum absolute atomic E-state index is 0.0637. The van der Waals surface area contributed by atoms with Crippen LogP contribution in [0.2, 0.25) is 0 Å². The molecule has 1 rings (SSSR count). The van der Waals surface area contributed by atoms with Gasteiger partial charge in [-0.1, -0.05) is 0 Å². The van der Waals surface area contributed by atoms with Gasteiger partial charge in [0.1, 0.15) is 0 Å². The smallest absolute Gasteiger partial charge is 0.0442 e. The standard InChI is InChI=1S/C5H11FN2/c6-8-3-1-2-5(7)4-8/h5H,1-4,7H2. The number of piperidine rings is 1. The van der Waals surface area contributed by atoms with Crippen LogP contribution in [0.4, 0.5) is 4.48 Å². The summed E-state index contributed by atoms with van der Waals surface area (Å²) in [4.78, 5) is 0. The number of nitrogens with zero attached hydrogens (tertiary/aromatic N) is 1. The van der Waals surface area contributed by atoms with Gasteiger partial charge in [-0.15, -0.1) is 9.60 Å². The molecule has 3 heteroatoms. The van der Waals surface area contributed by atoms with Crippen molar-refractivity contribution in [2.45, 2.75) is 18.9 Å². The van der Waals surface area contributed by atoms with E-state index in [9.17, 15) is 4.48 Å². The molecule has 0 amide bonds. The molecule has 0 aromatic rings. The molecule has 1 heterocycles. The highest BCUT2D eigenvalue weighted by Gasteiger charge is 2.14. The van der Waals surface area contributed by atoms with Crippen molar-refractivity contribution in [2.24, 2.45) is 5.73 Å². The summed E-state index contributed by atoms with van der Waals surface area (Å²) in [6.45, 7) is 0.980. The van der Waals surface area contributed by atoms with Gasteiger partial charge in [-0.2, -0.15) is 0 Å². The fourth-order valence-corrected chi connectivity index (χ4v) is 0.962. The maximum Gasteiger partial charge on any atom is 0.0442 e. The molecule has 1 unspecified atom stereocenters. The Hall–Kier alpha value is -0.150. The summed E-state index contributed by atoms with van der Waals surface area (Å²) in [6, 6.07) is 0.0637. The number of halogens is 1. The predicted octanol–water partition coefficient (Wildman–Crippen LogP) is 0.294. The van der Waals surface area contributed by atoms with Crippen molar-refractivity contribution >= 4 is 0 Å². The fraction of sp³-hybridized carbons (Fsp3) is 1.00. The molecule has 0 aromatic carbocycles. The lowest BCUT2D eigenvalue weighted by Crippen LogP contribution is -2.38. The second-order valence-corrected chi connectivity index (χ2v) is 2.27. The van der Waals surface area contributed by atoms with Gasteiger partial charge < -0.3 is 5.73 Å². The van der Waals surface area contributed by atoms with Crippen LogP contribution in [0, 0.1) is 0 Å². The van der Waals surface area contributed by atoms with Gasteiger partial charge in [0.2, 0.25) is 0 Å². The first-order valence-electron chi connectivity index (χ1n) is 2.95. The Morgan fingerprint density at radius 1 is 1.62 bits per heavy atom. The zero-order valence-corrected chi connectivity index (χ0v) is 4.81. The second-order valence-electron chi connectivity index (χ2n) is 2.27. The van der Waals surface area contributed by atoms with Gasteiger partial charge in [0, 0.05) is 19.1 Å². The molecule has 0 aromatic heterocycles. The van der Waals surface area contributed by atoms with Gasteiger partial charge in [0.05, 0.1) is 0 Å². The average Bonchev–Trinajstić information content (AvgIpc) is 1.64. The van der Waals surface area contributed by atoms with Crippen molar-refractivity contribution < 1.29 is 4.48 Å². The van der Waals surface area contributed by atoms with Gasteiger partial charge >= 0.3 is 0 Å². The molecule has 1 fully saturated rings. The SMILES string of the molecule is NC1CCCN(F)C1. The highest BCUT2D eigenvalue weighted by molar-refractivity contribution is 4.69. The summed E-state index contributed by atoms with van der Waals surface area (Å²) in [5.74, 6) is 0. The van der Waals surface area contributed by atoms with Gasteiger partial charge in [0.15, 0.2) is 0 Å². The van der Waals surface area contributed by atoms with E-state index in [0.29, 0.717) is 13.1 Å². The fourth-order valence-electron chi connectivity index (χ4n) is 0.962. The molecular weight excluding hydrogens is 107 g/mol. The summed E-state index contributed by atoms with van der Waals surface area (Å²) in [6.07, 6.45) is 1.87. The second kappa shape index (κ2) is 2.42. The van der Waals surface area contributed by atoms with Crippen LogP contribution < -0.4 is 5.73 Å². The number of rotatable bonds is 0. The van der Waals surface area contributed by atoms with Gasteiger partial charge in [0.25, 0.3) is 0 Å². The van der Waals surface area contributed by atoms with Crippen LogP contribution >= 0.6 is 0 Å². The molecule has 1 saturated heterocycles. The molecule has 48 valence electrons. The van der Waals surface area contributed by atoms with Crippen LogP contribution in [0.1, 0.15) is 12.8 Å². The predicted molar refractivity (Wildman–Crippen MR) is 29.9 cm³/mol. The third-order valence-corrected chi connectivity index (χ3v) is 1.41. The molecule has 0 bridgehead atoms. The monoisotopic (exact) mass is 118 g/mol. The van der Waals surface area contributed by atoms with E-state index in [0.717, 1.165) is 18.0 Å². The Bertz CT molecular complexity index is 68.8. The van der Waals surface area contributed by atoms with Crippen molar-refractivity contribution in [2.75, 3.05) is 13.1 Å². The molecule has 1 aliphatic heterocycles. The van der Waals surface area contributed by atoms with E-state index >= 15 is 0 Å². The Kier molecular flexibility index (Phi) is 1.81. The van der Waals surface area contributed by atoms with E-state index in [1.165, 1.54) is 0 Å². The Morgan fingerprint density at radius 2 is 2.38 bits per heavy atom. The van der Waals surface area contributed by atoms with E-state index in [4.69, 9.17) is 5.73 Å². The summed E-state index contributed by atoms with van der Waals surface area (Å²) in [5, 5.41) is 0.786. The Labute approximate surface area is 48.4 Å². The summed E-state index contributed by atoms with van der Waals surface area (Å²) in [7, 11) is 0. The average molecular weight is 118 g/mol. The topological polar surface area (TPSA) is 29.3 Å². The van der Waals surface area contributed by atoms with E-state index in [2.05, 4.69) is 0 Å². The first kappa shape index (κ1) is 5.98. The molecule has 8 heavy (non-hydrogen) atoms. The Morgan fingerprint density at radius 3 is 2.75 bits per heavy atom. The van der Waals surface area contributed by atoms with Gasteiger partial charge in [-0.05, 0) is 12.8 Å². The van der Waals surface area contributed by atoms with Crippen LogP contribution in [0.25, 0.3) is 0 Å². The molecule has 0 spiro atoms. The maximum absolute atomic E-state index is 12.2. The highest BCUT2D eigenvalue weighted by atomic mass is 19.2. The zero-order valence-electron chi connectivity index (χ0n) is 4.81. The minimum Gasteiger partial charge on any atom is -0.326 e. The van der Waals surface area contributed by atoms with Gasteiger partial charge in [-0.25, -0.2) is 0 Å². The molecule has 2 nitrogen and oxygen atoms in total. The lowest BCUT2D eigenvalue weighted by Gasteiger charge is -2.22. The number of nitrogens with two attached hydrogens (primary N) is 1. The minimum atomic E-state index is 0.0637. The first-order valence-corrected chi connectivity index (χ1v) is 2.95. The van der Waals surface area contributed by atoms with E-state index in [-0.39, 0.29) is 6.04 Å². The maximum atomic E-state index is 12.2. The van der Waals surface area contributed by atoms with E-state index in [1.807, 2.05) is 0 Å². The summed E-state index contributed by atoms with van der Waals surface area (Å²) in [5.41, 5.74) is 5.44. The summed E-state index contributed by atoms with van der Waals surface area (Å²) >= 11 is 0. The van der Waals surface area contributed by atoms with E-state index < -0.39 is 0 Å². The quantitative estimate of drug-likeness (QED) is 0.463. The number of hydrogen-bond donors (Lipinski definition) is 1. The molecule has 0 aliphatic carbocycles. The molecular formula is C5H11FN2. The van der Waals surface area contributed by atoms with E-state index in [1.54, 1.807) is 0 Å². The van der Waals surface area contributed by atoms with Crippen LogP contribution in [0.5, 0.6) is 0 Å². The lowest BCUT2D eigenvalue weighted by molar-refractivity contribution is -0.000960. The zero-order chi connectivity index (χ0) is 5.98. The van der Waals surface area contributed by atoms with Crippen molar-refractivity contribution in [3.8, 4) is 0 Å². The number of hydrogen-bond acceptors (Lipinski definition) is 2. The molecule has 2 N–H and O–H groups in total. The third-order valence-electron chi connectivity index (χ3n) is 1.41. The lowest BCUT2D eigenvalue weighted by atomic mass is 10.1. The van der Waals surface area contributed by atoms with Crippen molar-refractivity contribution in [3.05, 3.63) is 0 Å². The summed E-state index contributed by atoms with van der Waals surface area (Å²) < 4.78 is 12.2. The first-order chi connectivity index (χ1) is 3.79. The van der Waals surface area contributed by atoms with Crippen molar-refractivity contribution in [1.29, 1.82) is 0 Å². The van der Waals surface area contributed by atoms with Crippen LogP contribution in [-0.2, 0) is 0 Å². The van der Waals surface area contributed by atoms with Crippen LogP contribution in [0.15, 0.2) is 0 Å².